The molecule has 0 radical (unpaired) electrons. The Labute approximate surface area is 178 Å². The van der Waals surface area contributed by atoms with Gasteiger partial charge in [0.2, 0.25) is 11.8 Å². The van der Waals surface area contributed by atoms with Crippen molar-refractivity contribution in [1.82, 2.24) is 24.6 Å². The highest BCUT2D eigenvalue weighted by atomic mass is 16.3. The summed E-state index contributed by atoms with van der Waals surface area (Å²) < 4.78 is 1.72. The Morgan fingerprint density at radius 2 is 1.90 bits per heavy atom. The van der Waals surface area contributed by atoms with E-state index in [1.807, 2.05) is 30.3 Å². The highest BCUT2D eigenvalue weighted by molar-refractivity contribution is 5.96. The van der Waals surface area contributed by atoms with Crippen molar-refractivity contribution in [2.24, 2.45) is 5.92 Å². The Morgan fingerprint density at radius 1 is 1.13 bits per heavy atom. The first-order chi connectivity index (χ1) is 15.1. The third-order valence-electron chi connectivity index (χ3n) is 4.71. The van der Waals surface area contributed by atoms with Crippen molar-refractivity contribution in [3.05, 3.63) is 72.4 Å². The van der Waals surface area contributed by atoms with Crippen LogP contribution in [0.25, 0.3) is 0 Å². The van der Waals surface area contributed by atoms with Gasteiger partial charge in [0.25, 0.3) is 6.47 Å². The molecule has 1 atom stereocenters. The van der Waals surface area contributed by atoms with E-state index in [9.17, 15) is 9.59 Å². The summed E-state index contributed by atoms with van der Waals surface area (Å²) in [6, 6.07) is 11.1. The average Bonchev–Trinajstić information content (AvgIpc) is 3.36. The molecular weight excluding hydrogens is 400 g/mol. The van der Waals surface area contributed by atoms with Gasteiger partial charge < -0.3 is 15.3 Å². The number of aromatic nitrogens is 4. The number of carbonyl (C=O) groups is 3. The lowest BCUT2D eigenvalue weighted by Gasteiger charge is -2.16. The number of amides is 2. The second kappa shape index (κ2) is 10.6. The molecule has 31 heavy (non-hydrogen) atoms. The highest BCUT2D eigenvalue weighted by Crippen LogP contribution is 2.21. The van der Waals surface area contributed by atoms with Gasteiger partial charge in [-0.3, -0.25) is 24.4 Å². The van der Waals surface area contributed by atoms with E-state index >= 15 is 0 Å². The molecule has 1 fully saturated rings. The number of nitrogens with zero attached hydrogens (tertiary/aromatic N) is 5. The van der Waals surface area contributed by atoms with E-state index in [1.54, 1.807) is 40.4 Å². The summed E-state index contributed by atoms with van der Waals surface area (Å²) in [5, 5.41) is 14.1. The van der Waals surface area contributed by atoms with Crippen LogP contribution in [0.3, 0.4) is 0 Å². The molecule has 1 aliphatic heterocycles. The van der Waals surface area contributed by atoms with E-state index in [-0.39, 0.29) is 30.6 Å². The molecule has 1 aliphatic rings. The minimum absolute atomic E-state index is 0.0314. The minimum atomic E-state index is -0.388. The molecule has 1 saturated heterocycles. The lowest BCUT2D eigenvalue weighted by atomic mass is 10.1. The van der Waals surface area contributed by atoms with Gasteiger partial charge in [-0.2, -0.15) is 5.10 Å². The number of nitrogens with one attached hydrogen (secondary N) is 1. The summed E-state index contributed by atoms with van der Waals surface area (Å²) in [7, 11) is 0. The van der Waals surface area contributed by atoms with E-state index in [0.29, 0.717) is 25.5 Å². The van der Waals surface area contributed by atoms with Crippen LogP contribution in [0.5, 0.6) is 0 Å². The van der Waals surface area contributed by atoms with Crippen LogP contribution in [0.2, 0.25) is 0 Å². The molecule has 160 valence electrons. The summed E-state index contributed by atoms with van der Waals surface area (Å²) in [5.74, 6) is 0.0161. The van der Waals surface area contributed by atoms with E-state index in [1.165, 1.54) is 0 Å². The van der Waals surface area contributed by atoms with Crippen LogP contribution in [-0.2, 0) is 27.5 Å². The molecule has 1 unspecified atom stereocenters. The van der Waals surface area contributed by atoms with Gasteiger partial charge in [0.05, 0.1) is 30.9 Å². The Kier molecular flexibility index (Phi) is 7.41. The van der Waals surface area contributed by atoms with E-state index in [4.69, 9.17) is 9.90 Å². The van der Waals surface area contributed by atoms with Gasteiger partial charge in [-0.15, -0.1) is 0 Å². The fraction of sp³-hybridized carbons (Fsp3) is 0.238. The molecule has 2 N–H and O–H groups in total. The van der Waals surface area contributed by atoms with Crippen LogP contribution in [-0.4, -0.2) is 54.6 Å². The van der Waals surface area contributed by atoms with Crippen LogP contribution in [0.15, 0.2) is 61.2 Å². The highest BCUT2D eigenvalue weighted by Gasteiger charge is 2.34. The topological polar surface area (TPSA) is 130 Å². The molecular formula is C21H22N6O4. The molecule has 4 rings (SSSR count). The third kappa shape index (κ3) is 5.95. The number of carbonyl (C=O) groups excluding carboxylic acids is 2. The standard InChI is InChI=1S/C20H20N6O2.CH2O2/c27-19-11-16(13-25(19)14-17-3-1-2-7-22-17)20(28)24-18-6-10-23-26(18)12-15-4-8-21-9-5-15;2-1-3/h1-10,16H,11-14H2,(H,24,28);1H,(H,2,3). The molecule has 0 spiro atoms. The molecule has 0 saturated carbocycles. The average molecular weight is 422 g/mol. The smallest absolute Gasteiger partial charge is 0.290 e. The summed E-state index contributed by atoms with van der Waals surface area (Å²) in [5.41, 5.74) is 1.85. The predicted octanol–water partition coefficient (Wildman–Crippen LogP) is 1.41. The quantitative estimate of drug-likeness (QED) is 0.574. The van der Waals surface area contributed by atoms with Gasteiger partial charge in [0.1, 0.15) is 5.82 Å². The second-order valence-corrected chi connectivity index (χ2v) is 6.82. The van der Waals surface area contributed by atoms with Crippen LogP contribution in [0.1, 0.15) is 17.7 Å². The Balaban J connectivity index is 0.000000858. The molecule has 0 aliphatic carbocycles. The number of hydrogen-bond acceptors (Lipinski definition) is 6. The van der Waals surface area contributed by atoms with Crippen LogP contribution in [0.4, 0.5) is 5.82 Å². The van der Waals surface area contributed by atoms with Crippen molar-refractivity contribution in [3.63, 3.8) is 0 Å². The number of hydrogen-bond donors (Lipinski definition) is 2. The maximum absolute atomic E-state index is 12.7. The number of anilines is 1. The van der Waals surface area contributed by atoms with Gasteiger partial charge >= 0.3 is 0 Å². The van der Waals surface area contributed by atoms with Gasteiger partial charge in [0, 0.05) is 37.6 Å². The lowest BCUT2D eigenvalue weighted by Crippen LogP contribution is -2.28. The Bertz CT molecular complexity index is 1010. The summed E-state index contributed by atoms with van der Waals surface area (Å²) in [4.78, 5) is 43.3. The molecule has 2 amide bonds. The van der Waals surface area contributed by atoms with Gasteiger partial charge in [-0.25, -0.2) is 4.68 Å². The fourth-order valence-corrected chi connectivity index (χ4v) is 3.24. The molecule has 3 aromatic rings. The normalized spacial score (nSPS) is 15.2. The first-order valence-corrected chi connectivity index (χ1v) is 9.57. The molecule has 3 aromatic heterocycles. The van der Waals surface area contributed by atoms with Crippen molar-refractivity contribution in [1.29, 1.82) is 0 Å². The third-order valence-corrected chi connectivity index (χ3v) is 4.71. The van der Waals surface area contributed by atoms with Crippen molar-refractivity contribution in [2.75, 3.05) is 11.9 Å². The maximum atomic E-state index is 12.7. The second-order valence-electron chi connectivity index (χ2n) is 6.82. The number of carboxylic acid groups (broad SMARTS) is 1. The minimum Gasteiger partial charge on any atom is -0.483 e. The first-order valence-electron chi connectivity index (χ1n) is 9.57. The summed E-state index contributed by atoms with van der Waals surface area (Å²) in [6.45, 7) is 1.09. The van der Waals surface area contributed by atoms with Crippen molar-refractivity contribution in [2.45, 2.75) is 19.5 Å². The summed E-state index contributed by atoms with van der Waals surface area (Å²) in [6.07, 6.45) is 6.99. The zero-order chi connectivity index (χ0) is 22.1. The predicted molar refractivity (Wildman–Crippen MR) is 111 cm³/mol. The Morgan fingerprint density at radius 3 is 2.61 bits per heavy atom. The largest absolute Gasteiger partial charge is 0.483 e. The monoisotopic (exact) mass is 422 g/mol. The van der Waals surface area contributed by atoms with E-state index in [0.717, 1.165) is 11.3 Å². The van der Waals surface area contributed by atoms with Gasteiger partial charge in [-0.1, -0.05) is 6.07 Å². The van der Waals surface area contributed by atoms with Crippen molar-refractivity contribution in [3.8, 4) is 0 Å². The zero-order valence-electron chi connectivity index (χ0n) is 16.7. The number of rotatable bonds is 6. The van der Waals surface area contributed by atoms with Crippen molar-refractivity contribution < 1.29 is 19.5 Å². The van der Waals surface area contributed by atoms with Crippen LogP contribution in [0, 0.1) is 5.92 Å². The Hall–Kier alpha value is -4.08. The SMILES string of the molecule is O=C(Nc1ccnn1Cc1ccncc1)C1CC(=O)N(Cc2ccccn2)C1.O=CO. The molecule has 0 bridgehead atoms. The molecule has 10 nitrogen and oxygen atoms in total. The van der Waals surface area contributed by atoms with Crippen molar-refractivity contribution >= 4 is 24.1 Å². The molecule has 10 heteroatoms. The van der Waals surface area contributed by atoms with Crippen LogP contribution < -0.4 is 5.32 Å². The lowest BCUT2D eigenvalue weighted by molar-refractivity contribution is -0.128. The summed E-state index contributed by atoms with van der Waals surface area (Å²) >= 11 is 0. The van der Waals surface area contributed by atoms with E-state index < -0.39 is 0 Å². The van der Waals surface area contributed by atoms with E-state index in [2.05, 4.69) is 20.4 Å². The zero-order valence-corrected chi connectivity index (χ0v) is 16.7. The van der Waals surface area contributed by atoms with Crippen LogP contribution >= 0.6 is 0 Å². The number of pyridine rings is 2. The van der Waals surface area contributed by atoms with Gasteiger partial charge in [0.15, 0.2) is 0 Å². The van der Waals surface area contributed by atoms with Gasteiger partial charge in [-0.05, 0) is 29.8 Å². The number of likely N-dealkylation sites (tertiary alicyclic amines) is 1. The molecule has 0 aromatic carbocycles. The molecule has 4 heterocycles. The fourth-order valence-electron chi connectivity index (χ4n) is 3.24. The first kappa shape index (κ1) is 21.6. The maximum Gasteiger partial charge on any atom is 0.290 e.